The van der Waals surface area contributed by atoms with Crippen LogP contribution in [0, 0.1) is 70.9 Å². The molecular formula is C120H180N6O18. The van der Waals surface area contributed by atoms with Crippen LogP contribution in [-0.4, -0.2) is 227 Å². The number of methoxy groups -OCH3 is 12. The predicted molar refractivity (Wildman–Crippen MR) is 575 cm³/mol. The minimum atomic E-state index is -4.21. The van der Waals surface area contributed by atoms with Crippen molar-refractivity contribution in [3.8, 4) is 69.0 Å². The molecule has 12 aliphatic rings. The van der Waals surface area contributed by atoms with Crippen LogP contribution in [0.15, 0.2) is 72.6 Å². The molecule has 6 saturated heterocycles. The van der Waals surface area contributed by atoms with Gasteiger partial charge in [0, 0.05) is 261 Å². The van der Waals surface area contributed by atoms with Crippen molar-refractivity contribution in [1.82, 2.24) is 29.4 Å². The van der Waals surface area contributed by atoms with E-state index in [0.29, 0.717) is 46.8 Å². The Balaban J connectivity index is 0.000000269. The smallest absolute Gasteiger partial charge is 0.161 e. The van der Waals surface area contributed by atoms with Crippen LogP contribution in [0.5, 0.6) is 69.0 Å². The third-order valence-electron chi connectivity index (χ3n) is 23.5. The normalized spacial score (nSPS) is 42.3. The lowest BCUT2D eigenvalue weighted by Gasteiger charge is -2.43. The van der Waals surface area contributed by atoms with Gasteiger partial charge >= 0.3 is 0 Å². The van der Waals surface area contributed by atoms with Crippen molar-refractivity contribution in [2.75, 3.05) is 163 Å². The van der Waals surface area contributed by atoms with Gasteiger partial charge < -0.3 is 56.8 Å². The number of hydrogen-bond donors (Lipinski definition) is 0. The number of carbonyl (C=O) groups excluding carboxylic acids is 6. The van der Waals surface area contributed by atoms with E-state index in [2.05, 4.69) is 0 Å². The fourth-order valence-electron chi connectivity index (χ4n) is 16.7. The molecule has 12 heterocycles. The van der Waals surface area contributed by atoms with Crippen molar-refractivity contribution in [3.63, 3.8) is 0 Å². The van der Waals surface area contributed by atoms with E-state index >= 15 is 0 Å². The number of Topliss-reactive ketones (excluding diaryl/α,β-unsaturated/α-hetero) is 6. The van der Waals surface area contributed by atoms with Gasteiger partial charge in [0.05, 0.1) is 127 Å². The first-order chi connectivity index (χ1) is 100. The molecule has 6 aromatic rings. The van der Waals surface area contributed by atoms with Crippen molar-refractivity contribution < 1.29 is 201 Å². The second-order valence-electron chi connectivity index (χ2n) is 34.0. The summed E-state index contributed by atoms with van der Waals surface area (Å²) in [4.78, 5) is 85.1. The molecule has 0 saturated carbocycles. The number of hydrogen-bond acceptors (Lipinski definition) is 24. The van der Waals surface area contributed by atoms with Crippen LogP contribution in [0.3, 0.4) is 0 Å². The summed E-state index contributed by atoms with van der Waals surface area (Å²) in [7, 11) is -11.9. The van der Waals surface area contributed by atoms with Crippen molar-refractivity contribution in [1.29, 1.82) is 0 Å². The van der Waals surface area contributed by atoms with Gasteiger partial charge in [0.2, 0.25) is 0 Å². The lowest BCUT2D eigenvalue weighted by molar-refractivity contribution is -0.130. The Morgan fingerprint density at radius 1 is 0.340 bits per heavy atom. The lowest BCUT2D eigenvalue weighted by atomic mass is 9.79. The van der Waals surface area contributed by atoms with Crippen LogP contribution >= 0.6 is 0 Å². The van der Waals surface area contributed by atoms with Gasteiger partial charge in [-0.25, -0.2) is 0 Å². The van der Waals surface area contributed by atoms with Crippen LogP contribution in [0.2, 0.25) is 0 Å². The minimum absolute atomic E-state index is 0. The number of carbonyl (C=O) groups is 6. The van der Waals surface area contributed by atoms with E-state index in [1.54, 1.807) is 27.7 Å². The van der Waals surface area contributed by atoms with Gasteiger partial charge in [0.25, 0.3) is 0 Å². The molecule has 0 radical (unpaired) electrons. The number of benzene rings is 6. The zero-order valence-corrected chi connectivity index (χ0v) is 79.8. The second kappa shape index (κ2) is 53.5. The zero-order chi connectivity index (χ0) is 175. The highest BCUT2D eigenvalue weighted by Crippen LogP contribution is 2.51. The molecule has 144 heavy (non-hydrogen) atoms. The standard InChI is InChI=1S/3C20H29NO3.3C19H27NO3.3CH4/c3*1-5-13(2)8-15-12-21-7-6-14-9-19(23-3)20(24-4)10-16(14)17(21)11-18(15)22;3*1-12(2)7-14-11-20-6-5-13-8-18(22-3)19(23-4)9-15(13)16(20)10-17(14)21;;;/h3*9-10,13,15,17H,5-8,11-12H2,1-4H3;3*8-9,12,14,16H,5-7,10-11H2,1-4H3;3*1H4/i2D3,3D3,5D2,8D2,9D,10D,11D2,12D2,13D,15D;2D3,3D3,5D2,6D2,7D2,8D2,9D,10D,13D,17D;2D3,3D3,5D2,8D2,9D,10D,11D2,12D2,13D;3D3,8D,9D,10D2,11D2,14D;3D3,5D2,6D2,10D2,14D,16D;3D3,5D2,6D2,8D,9D,16D;;;. The molecule has 15 unspecified atom stereocenters. The molecular weight excluding hydrogens is 1810 g/mol. The Bertz CT molecular complexity index is 9440. The van der Waals surface area contributed by atoms with E-state index in [-0.39, 0.29) is 113 Å². The third-order valence-corrected chi connectivity index (χ3v) is 23.5. The summed E-state index contributed by atoms with van der Waals surface area (Å²) < 4.78 is 753. The summed E-state index contributed by atoms with van der Waals surface area (Å²) in [6.45, 7) is -20.9. The molecule has 0 aromatic heterocycles. The van der Waals surface area contributed by atoms with Gasteiger partial charge in [0.1, 0.15) is 34.7 Å². The van der Waals surface area contributed by atoms with Crippen LogP contribution < -0.4 is 56.8 Å². The van der Waals surface area contributed by atoms with Crippen LogP contribution in [0.4, 0.5) is 0 Å². The molecule has 6 fully saturated rings. The first kappa shape index (κ1) is 46.4. The Morgan fingerprint density at radius 3 is 1.09 bits per heavy atom. The van der Waals surface area contributed by atoms with Crippen molar-refractivity contribution in [2.24, 2.45) is 70.9 Å². The maximum atomic E-state index is 13.9. The van der Waals surface area contributed by atoms with Crippen molar-refractivity contribution in [2.45, 2.75) is 276 Å². The summed E-state index contributed by atoms with van der Waals surface area (Å²) in [5, 5.41) is 0. The SMILES string of the molecule is C.C.C.[2H]C([2H])([2H])Oc1cc2c(cc1OC)C1([2H])N(CC([2H])(CC(C)C)C(=O)C1([2H])[2H])C([2H])([2H])C2([2H])[2H].[2H]c1c(OC)c(OC([2H])([2H])[2H])c([2H])c2c1C1([2H])CC(=O)C(C([2H])([2H])C([2H])(C([2H])([2H])[2H])C([2H])([2H])C)CN1C([2H])([2H])C2([2H])[2H].[2H]c1c(OC)c(OC([2H])([2H])[2H])c([2H])c2c1C1([2H])CC(=O)C(CC(C)C)CN1C([2H])([2H])C2([2H])[2H].[2H]c1c2c(c([2H])c(OC)c1OC([2H])([2H])[2H])C1N(CC2)C([2H])([2H])C(C([2H])([2H])C([2H])(C([2H])([2H])[2H])C([2H])([2H])C)C(=O)C1([2H])[2H].[2H]c1c2c(c([2H])c(OC)c1OC([2H])([2H])[2H])C1N(CC2)C([2H])([2H])C([2H])(C([2H])([2H])C([2H])(C([2H])([2H])[2H])C([2H])([2H])C)C(=O)C1([2H])[2H].[2H]c1c2c(c([2H])c(OC)c1OC([2H])([2H])[2H])C1N(CC2)C([2H])([2H])C([2H])(CC(C)C)C(=O)C1([2H])[2H]. The number of ketones is 6. The summed E-state index contributed by atoms with van der Waals surface area (Å²) in [5.41, 5.74) is -5.02. The third kappa shape index (κ3) is 27.2. The first-order valence-corrected chi connectivity index (χ1v) is 44.4. The highest BCUT2D eigenvalue weighted by atomic mass is 16.5. The van der Waals surface area contributed by atoms with Crippen LogP contribution in [-0.2, 0) is 67.1 Å². The summed E-state index contributed by atoms with van der Waals surface area (Å²) in [6.07, 6.45) is -45.3. The van der Waals surface area contributed by atoms with Crippen molar-refractivity contribution >= 4 is 34.7 Å². The van der Waals surface area contributed by atoms with Gasteiger partial charge in [-0.2, -0.15) is 0 Å². The molecule has 6 aromatic carbocycles. The maximum Gasteiger partial charge on any atom is 0.161 e. The van der Waals surface area contributed by atoms with Gasteiger partial charge in [-0.15, -0.1) is 0 Å². The molecule has 18 rings (SSSR count). The van der Waals surface area contributed by atoms with E-state index in [9.17, 15) is 30.1 Å². The van der Waals surface area contributed by atoms with Crippen molar-refractivity contribution in [3.05, 3.63) is 139 Å². The van der Waals surface area contributed by atoms with Gasteiger partial charge in [-0.1, -0.05) is 124 Å². The Labute approximate surface area is 982 Å². The quantitative estimate of drug-likeness (QED) is 0.0466. The van der Waals surface area contributed by atoms with E-state index in [1.165, 1.54) is 0 Å². The molecule has 0 bridgehead atoms. The molecule has 24 heteroatoms. The largest absolute Gasteiger partial charge is 0.493 e. The molecule has 0 aliphatic carbocycles. The number of fused-ring (bicyclic) bond motifs is 18. The number of rotatable bonds is 27. The highest BCUT2D eigenvalue weighted by molar-refractivity contribution is 5.86. The molecule has 0 amide bonds. The highest BCUT2D eigenvalue weighted by Gasteiger charge is 2.47. The molecule has 0 spiro atoms. The number of aryl methyl sites for hydroxylation is 1. The molecule has 798 valence electrons. The summed E-state index contributed by atoms with van der Waals surface area (Å²) >= 11 is 0. The average molecular weight is 2080 g/mol. The molecule has 0 N–H and O–H groups in total. The van der Waals surface area contributed by atoms with Crippen LogP contribution in [0.1, 0.15) is 419 Å². The average Bonchev–Trinajstić information content (AvgIpc) is 0.657. The topological polar surface area (TPSA) is 233 Å². The predicted octanol–water partition coefficient (Wildman–Crippen LogP) is 22.5. The number of piperidine rings is 6. The Hall–Kier alpha value is -9.30. The Kier molecular flexibility index (Phi) is 17.3. The zero-order valence-electron chi connectivity index (χ0n) is 164. The van der Waals surface area contributed by atoms with E-state index in [0.717, 1.165) is 64.6 Å². The molecule has 12 aliphatic heterocycles. The second-order valence-corrected chi connectivity index (χ2v) is 34.0. The Morgan fingerprint density at radius 2 is 0.674 bits per heavy atom. The summed E-state index contributed by atoms with van der Waals surface area (Å²) in [6, 6.07) is -18.6. The van der Waals surface area contributed by atoms with E-state index in [1.807, 2.05) is 13.8 Å². The fraction of sp³-hybridized carbons (Fsp3) is 0.650. The van der Waals surface area contributed by atoms with Gasteiger partial charge in [0.15, 0.2) is 69.0 Å². The fourth-order valence-corrected chi connectivity index (χ4v) is 16.7. The minimum Gasteiger partial charge on any atom is -0.493 e. The van der Waals surface area contributed by atoms with Crippen LogP contribution in [0.25, 0.3) is 0 Å². The lowest BCUT2D eigenvalue weighted by Crippen LogP contribution is -2.46. The first-order valence-electron chi connectivity index (χ1n) is 86.4. The number of ether oxygens (including phenoxy) is 12. The van der Waals surface area contributed by atoms with E-state index in [4.69, 9.17) is 171 Å². The maximum absolute atomic E-state index is 13.9. The van der Waals surface area contributed by atoms with Gasteiger partial charge in [-0.3, -0.25) is 58.2 Å². The van der Waals surface area contributed by atoms with Gasteiger partial charge in [-0.05, 0) is 252 Å². The monoisotopic (exact) mass is 2080 g/mol. The number of nitrogens with zero attached hydrogens (tertiary/aromatic N) is 6. The van der Waals surface area contributed by atoms with E-state index < -0.39 is 516 Å². The molecule has 15 atom stereocenters. The molecule has 24 nitrogen and oxygen atoms in total. The summed E-state index contributed by atoms with van der Waals surface area (Å²) in [5.74, 6) is -40.9.